The fourth-order valence-electron chi connectivity index (χ4n) is 4.12. The lowest BCUT2D eigenvalue weighted by molar-refractivity contribution is 0.220. The minimum atomic E-state index is -0.669. The number of aromatic nitrogens is 1. The maximum atomic E-state index is 14.4. The highest BCUT2D eigenvalue weighted by Crippen LogP contribution is 2.48. The highest BCUT2D eigenvalue weighted by Gasteiger charge is 2.34. The molecule has 0 bridgehead atoms. The van der Waals surface area contributed by atoms with Gasteiger partial charge in [-0.15, -0.1) is 0 Å². The fraction of sp³-hybridized carbons (Fsp3) is 0.318. The fourth-order valence-corrected chi connectivity index (χ4v) is 4.12. The van der Waals surface area contributed by atoms with E-state index < -0.39 is 11.6 Å². The van der Waals surface area contributed by atoms with Crippen LogP contribution in [0.2, 0.25) is 0 Å². The van der Waals surface area contributed by atoms with Gasteiger partial charge < -0.3 is 20.7 Å². The van der Waals surface area contributed by atoms with Gasteiger partial charge in [-0.3, -0.25) is 0 Å². The summed E-state index contributed by atoms with van der Waals surface area (Å²) in [5.41, 5.74) is 2.41. The van der Waals surface area contributed by atoms with Crippen LogP contribution in [0.4, 0.5) is 18.0 Å². The molecule has 4 N–H and O–H groups in total. The Bertz CT molecular complexity index is 1060. The molecule has 0 saturated heterocycles. The molecule has 5 nitrogen and oxygen atoms in total. The molecule has 1 heterocycles. The van der Waals surface area contributed by atoms with Crippen molar-refractivity contribution in [2.24, 2.45) is 5.92 Å². The molecule has 4 rings (SSSR count). The van der Waals surface area contributed by atoms with Crippen molar-refractivity contribution in [2.45, 2.75) is 18.8 Å². The molecule has 1 aromatic heterocycles. The number of hydrogen-bond donors (Lipinski definition) is 4. The van der Waals surface area contributed by atoms with Gasteiger partial charge in [0.15, 0.2) is 0 Å². The van der Waals surface area contributed by atoms with Gasteiger partial charge in [0.05, 0.1) is 17.8 Å². The van der Waals surface area contributed by atoms with Crippen LogP contribution in [0, 0.1) is 23.4 Å². The van der Waals surface area contributed by atoms with E-state index in [4.69, 9.17) is 5.11 Å². The first kappa shape index (κ1) is 20.3. The van der Waals surface area contributed by atoms with Crippen LogP contribution in [-0.2, 0) is 0 Å². The van der Waals surface area contributed by atoms with Gasteiger partial charge in [0.25, 0.3) is 0 Å². The molecule has 30 heavy (non-hydrogen) atoms. The van der Waals surface area contributed by atoms with Crippen LogP contribution in [-0.4, -0.2) is 35.8 Å². The summed E-state index contributed by atoms with van der Waals surface area (Å²) in [7, 11) is 0. The average molecular weight is 417 g/mol. The van der Waals surface area contributed by atoms with Crippen molar-refractivity contribution >= 4 is 16.9 Å². The second-order valence-electron chi connectivity index (χ2n) is 7.63. The lowest BCUT2D eigenvalue weighted by atomic mass is 9.70. The largest absolute Gasteiger partial charge is 0.395 e. The SMILES string of the molecule is O=C(NCCO)NC[C@H]1C[C@H](c2c(-c3ccc(F)cc3)[nH]c3c(F)cc(F)cc32)C1. The second-order valence-corrected chi connectivity index (χ2v) is 7.63. The number of H-pyrrole nitrogens is 1. The van der Waals surface area contributed by atoms with E-state index in [1.165, 1.54) is 18.2 Å². The molecule has 3 aromatic rings. The van der Waals surface area contributed by atoms with Gasteiger partial charge in [-0.1, -0.05) is 0 Å². The number of fused-ring (bicyclic) bond motifs is 1. The minimum Gasteiger partial charge on any atom is -0.395 e. The third-order valence-corrected chi connectivity index (χ3v) is 5.59. The zero-order valence-electron chi connectivity index (χ0n) is 16.1. The van der Waals surface area contributed by atoms with Crippen molar-refractivity contribution in [3.8, 4) is 11.3 Å². The molecular formula is C22H22F3N3O2. The number of aliphatic hydroxyl groups is 1. The molecular weight excluding hydrogens is 395 g/mol. The van der Waals surface area contributed by atoms with E-state index in [2.05, 4.69) is 15.6 Å². The number of amides is 2. The Morgan fingerprint density at radius 3 is 2.50 bits per heavy atom. The van der Waals surface area contributed by atoms with Gasteiger partial charge in [-0.25, -0.2) is 18.0 Å². The Kier molecular flexibility index (Phi) is 5.67. The highest BCUT2D eigenvalue weighted by atomic mass is 19.1. The van der Waals surface area contributed by atoms with Crippen molar-refractivity contribution < 1.29 is 23.1 Å². The highest BCUT2D eigenvalue weighted by molar-refractivity contribution is 5.92. The summed E-state index contributed by atoms with van der Waals surface area (Å²) in [6.45, 7) is 0.538. The number of urea groups is 1. The van der Waals surface area contributed by atoms with Crippen molar-refractivity contribution in [1.82, 2.24) is 15.6 Å². The van der Waals surface area contributed by atoms with Gasteiger partial charge >= 0.3 is 6.03 Å². The zero-order chi connectivity index (χ0) is 21.3. The number of rotatable bonds is 6. The first-order valence-corrected chi connectivity index (χ1v) is 9.85. The molecule has 8 heteroatoms. The number of nitrogens with one attached hydrogen (secondary N) is 3. The summed E-state index contributed by atoms with van der Waals surface area (Å²) in [5, 5.41) is 14.5. The molecule has 0 radical (unpaired) electrons. The minimum absolute atomic E-state index is 0.0623. The molecule has 0 unspecified atom stereocenters. The maximum absolute atomic E-state index is 14.4. The summed E-state index contributed by atoms with van der Waals surface area (Å²) in [5.74, 6) is -1.39. The van der Waals surface area contributed by atoms with Gasteiger partial charge in [0.1, 0.15) is 17.5 Å². The first-order chi connectivity index (χ1) is 14.5. The van der Waals surface area contributed by atoms with Gasteiger partial charge in [0.2, 0.25) is 0 Å². The lowest BCUT2D eigenvalue weighted by Crippen LogP contribution is -2.41. The number of benzene rings is 2. The van der Waals surface area contributed by atoms with Crippen molar-refractivity contribution in [3.63, 3.8) is 0 Å². The molecule has 1 aliphatic rings. The molecule has 1 saturated carbocycles. The predicted molar refractivity (Wildman–Crippen MR) is 108 cm³/mol. The number of halogens is 3. The van der Waals surface area contributed by atoms with Gasteiger partial charge in [-0.05, 0) is 66.1 Å². The third kappa shape index (κ3) is 4.00. The predicted octanol–water partition coefficient (Wildman–Crippen LogP) is 4.04. The van der Waals surface area contributed by atoms with Crippen LogP contribution in [0.1, 0.15) is 24.3 Å². The molecule has 0 aliphatic heterocycles. The summed E-state index contributed by atoms with van der Waals surface area (Å²) in [6.07, 6.45) is 1.50. The Labute approximate surface area is 171 Å². The van der Waals surface area contributed by atoms with Crippen LogP contribution >= 0.6 is 0 Å². The average Bonchev–Trinajstić information content (AvgIpc) is 3.05. The monoisotopic (exact) mass is 417 g/mol. The number of aromatic amines is 1. The van der Waals surface area contributed by atoms with Crippen molar-refractivity contribution in [1.29, 1.82) is 0 Å². The number of hydrogen-bond acceptors (Lipinski definition) is 2. The molecule has 158 valence electrons. The number of carbonyl (C=O) groups excluding carboxylic acids is 1. The van der Waals surface area contributed by atoms with Crippen LogP contribution in [0.15, 0.2) is 36.4 Å². The number of carbonyl (C=O) groups is 1. The van der Waals surface area contributed by atoms with Crippen molar-refractivity contribution in [3.05, 3.63) is 59.4 Å². The topological polar surface area (TPSA) is 77.2 Å². The summed E-state index contributed by atoms with van der Waals surface area (Å²) in [4.78, 5) is 14.7. The molecule has 0 atom stereocenters. The standard InChI is InChI=1S/C22H22F3N3O2/c23-15-3-1-13(2-4-15)20-19(17-9-16(24)10-18(25)21(17)28-20)14-7-12(8-14)11-27-22(30)26-5-6-29/h1-4,9-10,12,14,28-29H,5-8,11H2,(H2,26,27,30)/t12-,14-. The van der Waals surface area contributed by atoms with E-state index in [0.29, 0.717) is 23.2 Å². The molecule has 2 amide bonds. The van der Waals surface area contributed by atoms with E-state index in [-0.39, 0.29) is 42.4 Å². The molecule has 1 aliphatic carbocycles. The van der Waals surface area contributed by atoms with Gasteiger partial charge in [-0.2, -0.15) is 0 Å². The van der Waals surface area contributed by atoms with Gasteiger partial charge in [0, 0.05) is 24.5 Å². The number of aliphatic hydroxyl groups excluding tert-OH is 1. The summed E-state index contributed by atoms with van der Waals surface area (Å²) >= 11 is 0. The Morgan fingerprint density at radius 1 is 1.07 bits per heavy atom. The normalized spacial score (nSPS) is 18.3. The summed E-state index contributed by atoms with van der Waals surface area (Å²) < 4.78 is 41.7. The van der Waals surface area contributed by atoms with E-state index in [9.17, 15) is 18.0 Å². The Morgan fingerprint density at radius 2 is 1.80 bits per heavy atom. The molecule has 0 spiro atoms. The van der Waals surface area contributed by atoms with Crippen molar-refractivity contribution in [2.75, 3.05) is 19.7 Å². The van der Waals surface area contributed by atoms with Crippen LogP contribution in [0.5, 0.6) is 0 Å². The summed E-state index contributed by atoms with van der Waals surface area (Å²) in [6, 6.07) is 7.72. The van der Waals surface area contributed by atoms with E-state index >= 15 is 0 Å². The maximum Gasteiger partial charge on any atom is 0.314 e. The van der Waals surface area contributed by atoms with Crippen LogP contribution < -0.4 is 10.6 Å². The van der Waals surface area contributed by atoms with E-state index in [0.717, 1.165) is 24.5 Å². The Balaban J connectivity index is 1.58. The first-order valence-electron chi connectivity index (χ1n) is 9.85. The molecule has 2 aromatic carbocycles. The zero-order valence-corrected chi connectivity index (χ0v) is 16.1. The third-order valence-electron chi connectivity index (χ3n) is 5.59. The smallest absolute Gasteiger partial charge is 0.314 e. The van der Waals surface area contributed by atoms with E-state index in [1.807, 2.05) is 0 Å². The quantitative estimate of drug-likeness (QED) is 0.489. The Hall–Kier alpha value is -3.00. The lowest BCUT2D eigenvalue weighted by Gasteiger charge is -2.36. The van der Waals surface area contributed by atoms with Crippen LogP contribution in [0.3, 0.4) is 0 Å². The molecule has 1 fully saturated rings. The second kappa shape index (κ2) is 8.39. The van der Waals surface area contributed by atoms with Crippen LogP contribution in [0.25, 0.3) is 22.2 Å². The van der Waals surface area contributed by atoms with E-state index in [1.54, 1.807) is 12.1 Å².